The molecule has 4 nitrogen and oxygen atoms in total. The first kappa shape index (κ1) is 9.98. The lowest BCUT2D eigenvalue weighted by Gasteiger charge is -2.16. The van der Waals surface area contributed by atoms with E-state index < -0.39 is 6.03 Å². The van der Waals surface area contributed by atoms with Gasteiger partial charge in [0.1, 0.15) is 0 Å². The predicted molar refractivity (Wildman–Crippen MR) is 57.1 cm³/mol. The molecule has 15 heavy (non-hydrogen) atoms. The molecule has 1 aliphatic heterocycles. The Kier molecular flexibility index (Phi) is 2.36. The Hall–Kier alpha value is -1.55. The Morgan fingerprint density at radius 3 is 2.67 bits per heavy atom. The average Bonchev–Trinajstić information content (AvgIpc) is 2.49. The number of nitrogens with one attached hydrogen (secondary N) is 1. The minimum Gasteiger partial charge on any atom is -0.328 e. The number of amides is 3. The average molecular weight is 225 g/mol. The van der Waals surface area contributed by atoms with Crippen LogP contribution in [0, 0.1) is 6.92 Å². The molecular weight excluding hydrogens is 216 g/mol. The highest BCUT2D eigenvalue weighted by Crippen LogP contribution is 2.30. The first-order valence-electron chi connectivity index (χ1n) is 4.47. The van der Waals surface area contributed by atoms with Crippen molar-refractivity contribution in [3.8, 4) is 0 Å². The molecule has 0 saturated carbocycles. The monoisotopic (exact) mass is 224 g/mol. The van der Waals surface area contributed by atoms with E-state index in [1.54, 1.807) is 25.1 Å². The number of aryl methyl sites for hydroxylation is 1. The summed E-state index contributed by atoms with van der Waals surface area (Å²) < 4.78 is 0. The summed E-state index contributed by atoms with van der Waals surface area (Å²) in [6.45, 7) is 1.84. The second-order valence-corrected chi connectivity index (χ2v) is 3.70. The van der Waals surface area contributed by atoms with Crippen LogP contribution in [0.25, 0.3) is 0 Å². The van der Waals surface area contributed by atoms with E-state index in [-0.39, 0.29) is 12.5 Å². The van der Waals surface area contributed by atoms with Gasteiger partial charge < -0.3 is 5.32 Å². The van der Waals surface area contributed by atoms with E-state index in [1.807, 2.05) is 0 Å². The Labute approximate surface area is 91.8 Å². The summed E-state index contributed by atoms with van der Waals surface area (Å²) in [7, 11) is 0. The number of benzene rings is 1. The van der Waals surface area contributed by atoms with Crippen LogP contribution < -0.4 is 10.2 Å². The van der Waals surface area contributed by atoms with Gasteiger partial charge in [-0.25, -0.2) is 9.69 Å². The van der Waals surface area contributed by atoms with Crippen molar-refractivity contribution < 1.29 is 9.59 Å². The number of urea groups is 1. The zero-order valence-corrected chi connectivity index (χ0v) is 8.84. The second-order valence-electron chi connectivity index (χ2n) is 3.29. The SMILES string of the molecule is Cc1cccc(Cl)c1N1C(=O)CNC1=O. The van der Waals surface area contributed by atoms with Gasteiger partial charge in [-0.1, -0.05) is 23.7 Å². The van der Waals surface area contributed by atoms with Crippen molar-refractivity contribution in [1.29, 1.82) is 0 Å². The molecule has 0 unspecified atom stereocenters. The molecule has 1 saturated heterocycles. The van der Waals surface area contributed by atoms with E-state index in [0.717, 1.165) is 10.5 Å². The summed E-state index contributed by atoms with van der Waals surface area (Å²) in [6, 6.07) is 4.82. The predicted octanol–water partition coefficient (Wildman–Crippen LogP) is 1.70. The number of rotatable bonds is 1. The lowest BCUT2D eigenvalue weighted by Crippen LogP contribution is -2.31. The summed E-state index contributed by atoms with van der Waals surface area (Å²) >= 11 is 5.97. The van der Waals surface area contributed by atoms with Crippen molar-refractivity contribution in [3.05, 3.63) is 28.8 Å². The Balaban J connectivity index is 2.53. The van der Waals surface area contributed by atoms with Crippen LogP contribution in [-0.4, -0.2) is 18.5 Å². The maximum atomic E-state index is 11.5. The van der Waals surface area contributed by atoms with Crippen LogP contribution >= 0.6 is 11.6 Å². The van der Waals surface area contributed by atoms with Gasteiger partial charge in [0.15, 0.2) is 0 Å². The molecule has 1 aliphatic rings. The first-order chi connectivity index (χ1) is 7.11. The molecule has 0 atom stereocenters. The van der Waals surface area contributed by atoms with Crippen LogP contribution in [-0.2, 0) is 4.79 Å². The number of imide groups is 1. The Morgan fingerprint density at radius 1 is 1.40 bits per heavy atom. The number of nitrogens with zero attached hydrogens (tertiary/aromatic N) is 1. The zero-order valence-electron chi connectivity index (χ0n) is 8.08. The molecule has 1 N–H and O–H groups in total. The van der Waals surface area contributed by atoms with E-state index in [2.05, 4.69) is 5.32 Å². The van der Waals surface area contributed by atoms with E-state index in [9.17, 15) is 9.59 Å². The number of para-hydroxylation sites is 1. The van der Waals surface area contributed by atoms with E-state index in [1.165, 1.54) is 0 Å². The maximum absolute atomic E-state index is 11.5. The highest BCUT2D eigenvalue weighted by Gasteiger charge is 2.32. The molecule has 3 amide bonds. The minimum atomic E-state index is -0.420. The van der Waals surface area contributed by atoms with Gasteiger partial charge in [0.05, 0.1) is 17.3 Å². The van der Waals surface area contributed by atoms with Crippen LogP contribution in [0.4, 0.5) is 10.5 Å². The molecular formula is C10H9ClN2O2. The quantitative estimate of drug-likeness (QED) is 0.739. The number of halogens is 1. The molecule has 0 spiro atoms. The lowest BCUT2D eigenvalue weighted by molar-refractivity contribution is -0.115. The van der Waals surface area contributed by atoms with Gasteiger partial charge in [-0.2, -0.15) is 0 Å². The molecule has 0 bridgehead atoms. The summed E-state index contributed by atoms with van der Waals surface area (Å²) in [5.41, 5.74) is 1.27. The smallest absolute Gasteiger partial charge is 0.328 e. The van der Waals surface area contributed by atoms with Gasteiger partial charge in [0.2, 0.25) is 0 Å². The second kappa shape index (κ2) is 3.55. The summed E-state index contributed by atoms with van der Waals surface area (Å²) in [4.78, 5) is 24.0. The molecule has 0 radical (unpaired) electrons. The van der Waals surface area contributed by atoms with Crippen molar-refractivity contribution in [1.82, 2.24) is 5.32 Å². The van der Waals surface area contributed by atoms with Gasteiger partial charge in [-0.3, -0.25) is 4.79 Å². The molecule has 1 aromatic rings. The summed E-state index contributed by atoms with van der Waals surface area (Å²) in [6.07, 6.45) is 0. The van der Waals surface area contributed by atoms with E-state index in [0.29, 0.717) is 10.7 Å². The van der Waals surface area contributed by atoms with Crippen LogP contribution in [0.1, 0.15) is 5.56 Å². The van der Waals surface area contributed by atoms with Crippen molar-refractivity contribution >= 4 is 29.2 Å². The standard InChI is InChI=1S/C10H9ClN2O2/c1-6-3-2-4-7(11)9(6)13-8(14)5-12-10(13)15/h2-4H,5H2,1H3,(H,12,15). The third-order valence-corrected chi connectivity index (χ3v) is 2.56. The van der Waals surface area contributed by atoms with Crippen LogP contribution in [0.15, 0.2) is 18.2 Å². The lowest BCUT2D eigenvalue weighted by atomic mass is 10.2. The van der Waals surface area contributed by atoms with Crippen LogP contribution in [0.2, 0.25) is 5.02 Å². The van der Waals surface area contributed by atoms with Crippen molar-refractivity contribution in [2.24, 2.45) is 0 Å². The van der Waals surface area contributed by atoms with Gasteiger partial charge in [0.25, 0.3) is 5.91 Å². The fraction of sp³-hybridized carbons (Fsp3) is 0.200. The Morgan fingerprint density at radius 2 is 2.13 bits per heavy atom. The van der Waals surface area contributed by atoms with Crippen LogP contribution in [0.3, 0.4) is 0 Å². The molecule has 0 aliphatic carbocycles. The van der Waals surface area contributed by atoms with Crippen LogP contribution in [0.5, 0.6) is 0 Å². The highest BCUT2D eigenvalue weighted by atomic mass is 35.5. The number of carbonyl (C=O) groups excluding carboxylic acids is 2. The molecule has 1 aromatic carbocycles. The van der Waals surface area contributed by atoms with Crippen molar-refractivity contribution in [3.63, 3.8) is 0 Å². The minimum absolute atomic E-state index is 0.0312. The molecule has 78 valence electrons. The molecule has 1 heterocycles. The zero-order chi connectivity index (χ0) is 11.0. The number of carbonyl (C=O) groups is 2. The summed E-state index contributed by atoms with van der Waals surface area (Å²) in [5, 5.41) is 2.85. The third-order valence-electron chi connectivity index (χ3n) is 2.26. The van der Waals surface area contributed by atoms with Gasteiger partial charge in [0, 0.05) is 0 Å². The van der Waals surface area contributed by atoms with Crippen molar-refractivity contribution in [2.75, 3.05) is 11.4 Å². The third kappa shape index (κ3) is 1.57. The normalized spacial score (nSPS) is 15.7. The first-order valence-corrected chi connectivity index (χ1v) is 4.85. The van der Waals surface area contributed by atoms with E-state index >= 15 is 0 Å². The molecule has 2 rings (SSSR count). The number of anilines is 1. The van der Waals surface area contributed by atoms with Crippen molar-refractivity contribution in [2.45, 2.75) is 6.92 Å². The van der Waals surface area contributed by atoms with Gasteiger partial charge >= 0.3 is 6.03 Å². The molecule has 5 heteroatoms. The molecule has 0 aromatic heterocycles. The fourth-order valence-corrected chi connectivity index (χ4v) is 1.86. The summed E-state index contributed by atoms with van der Waals surface area (Å²) in [5.74, 6) is -0.281. The van der Waals surface area contributed by atoms with E-state index in [4.69, 9.17) is 11.6 Å². The van der Waals surface area contributed by atoms with Gasteiger partial charge in [-0.05, 0) is 18.6 Å². The molecule has 1 fully saturated rings. The maximum Gasteiger partial charge on any atom is 0.329 e. The fourth-order valence-electron chi connectivity index (χ4n) is 1.56. The topological polar surface area (TPSA) is 49.4 Å². The number of hydrogen-bond donors (Lipinski definition) is 1. The number of hydrogen-bond acceptors (Lipinski definition) is 2. The Bertz CT molecular complexity index is 409. The van der Waals surface area contributed by atoms with Gasteiger partial charge in [-0.15, -0.1) is 0 Å². The largest absolute Gasteiger partial charge is 0.329 e. The highest BCUT2D eigenvalue weighted by molar-refractivity contribution is 6.36.